The van der Waals surface area contributed by atoms with Crippen LogP contribution in [-0.2, 0) is 6.61 Å². The molecule has 0 aliphatic rings. The number of aryl methyl sites for hydroxylation is 1. The highest BCUT2D eigenvalue weighted by Crippen LogP contribution is 2.24. The van der Waals surface area contributed by atoms with Gasteiger partial charge in [-0.15, -0.1) is 0 Å². The molecule has 1 amide bonds. The molecule has 146 valence electrons. The Morgan fingerprint density at radius 2 is 2.03 bits per heavy atom. The molecular formula is C22H17ClFN3O2. The predicted molar refractivity (Wildman–Crippen MR) is 110 cm³/mol. The van der Waals surface area contributed by atoms with Gasteiger partial charge in [0.2, 0.25) is 0 Å². The minimum absolute atomic E-state index is 0.132. The number of nitrogens with zero attached hydrogens (tertiary/aromatic N) is 2. The number of benzene rings is 2. The Balaban J connectivity index is 1.45. The van der Waals surface area contributed by atoms with Gasteiger partial charge in [-0.3, -0.25) is 4.79 Å². The zero-order valence-electron chi connectivity index (χ0n) is 15.5. The van der Waals surface area contributed by atoms with Crippen LogP contribution in [0.1, 0.15) is 21.6 Å². The van der Waals surface area contributed by atoms with Crippen molar-refractivity contribution in [3.05, 3.63) is 94.7 Å². The Hall–Kier alpha value is -3.38. The number of hydrogen-bond acceptors (Lipinski definition) is 3. The van der Waals surface area contributed by atoms with Gasteiger partial charge in [-0.1, -0.05) is 23.7 Å². The van der Waals surface area contributed by atoms with E-state index in [-0.39, 0.29) is 17.5 Å². The van der Waals surface area contributed by atoms with E-state index >= 15 is 0 Å². The van der Waals surface area contributed by atoms with Crippen LogP contribution in [0.25, 0.3) is 5.65 Å². The number of aromatic nitrogens is 2. The lowest BCUT2D eigenvalue weighted by atomic mass is 10.2. The van der Waals surface area contributed by atoms with E-state index in [2.05, 4.69) is 10.3 Å². The molecule has 7 heteroatoms. The van der Waals surface area contributed by atoms with Gasteiger partial charge < -0.3 is 14.5 Å². The quantitative estimate of drug-likeness (QED) is 0.488. The van der Waals surface area contributed by atoms with E-state index < -0.39 is 5.82 Å². The topological polar surface area (TPSA) is 55.6 Å². The number of carbonyl (C=O) groups is 1. The van der Waals surface area contributed by atoms with Crippen LogP contribution in [0.15, 0.2) is 67.0 Å². The number of carbonyl (C=O) groups excluding carboxylic acids is 1. The number of pyridine rings is 1. The number of ether oxygens (including phenoxy) is 1. The molecule has 2 heterocycles. The monoisotopic (exact) mass is 409 g/mol. The molecule has 4 aromatic rings. The third-order valence-electron chi connectivity index (χ3n) is 4.31. The summed E-state index contributed by atoms with van der Waals surface area (Å²) in [6.07, 6.45) is 3.91. The summed E-state index contributed by atoms with van der Waals surface area (Å²) in [5.74, 6) is -0.297. The van der Waals surface area contributed by atoms with Crippen molar-refractivity contribution < 1.29 is 13.9 Å². The lowest BCUT2D eigenvalue weighted by Gasteiger charge is -2.09. The third kappa shape index (κ3) is 4.38. The number of halogens is 2. The van der Waals surface area contributed by atoms with E-state index in [1.54, 1.807) is 24.3 Å². The molecule has 0 aliphatic heterocycles. The van der Waals surface area contributed by atoms with Gasteiger partial charge in [-0.2, -0.15) is 0 Å². The largest absolute Gasteiger partial charge is 0.487 e. The number of hydrogen-bond donors (Lipinski definition) is 1. The maximum Gasteiger partial charge on any atom is 0.255 e. The van der Waals surface area contributed by atoms with E-state index in [1.165, 1.54) is 12.1 Å². The van der Waals surface area contributed by atoms with Crippen molar-refractivity contribution in [3.8, 4) is 5.75 Å². The Morgan fingerprint density at radius 1 is 1.17 bits per heavy atom. The zero-order valence-corrected chi connectivity index (χ0v) is 16.3. The summed E-state index contributed by atoms with van der Waals surface area (Å²) in [5.41, 5.74) is 3.50. The molecule has 0 atom stereocenters. The van der Waals surface area contributed by atoms with E-state index in [1.807, 2.05) is 35.9 Å². The molecule has 0 aliphatic carbocycles. The first-order chi connectivity index (χ1) is 14.0. The van der Waals surface area contributed by atoms with E-state index in [9.17, 15) is 9.18 Å². The van der Waals surface area contributed by atoms with Gasteiger partial charge in [0.15, 0.2) is 0 Å². The molecule has 5 nitrogen and oxygen atoms in total. The molecule has 0 spiro atoms. The summed E-state index contributed by atoms with van der Waals surface area (Å²) in [7, 11) is 0. The van der Waals surface area contributed by atoms with Gasteiger partial charge >= 0.3 is 0 Å². The number of amides is 1. The van der Waals surface area contributed by atoms with Crippen molar-refractivity contribution in [1.29, 1.82) is 0 Å². The Kier molecular flexibility index (Phi) is 5.18. The van der Waals surface area contributed by atoms with Crippen LogP contribution < -0.4 is 10.1 Å². The fraction of sp³-hybridized carbons (Fsp3) is 0.0909. The van der Waals surface area contributed by atoms with Crippen molar-refractivity contribution in [2.45, 2.75) is 13.5 Å². The van der Waals surface area contributed by atoms with Crippen molar-refractivity contribution >= 4 is 28.8 Å². The van der Waals surface area contributed by atoms with Crippen LogP contribution in [0, 0.1) is 12.7 Å². The number of anilines is 1. The molecule has 0 unspecified atom stereocenters. The average Bonchev–Trinajstić information content (AvgIpc) is 3.10. The molecule has 0 saturated carbocycles. The van der Waals surface area contributed by atoms with Crippen molar-refractivity contribution in [2.24, 2.45) is 0 Å². The third-order valence-corrected chi connectivity index (χ3v) is 4.62. The second kappa shape index (κ2) is 7.93. The Morgan fingerprint density at radius 3 is 2.86 bits per heavy atom. The highest BCUT2D eigenvalue weighted by molar-refractivity contribution is 6.33. The first-order valence-corrected chi connectivity index (χ1v) is 9.29. The highest BCUT2D eigenvalue weighted by atomic mass is 35.5. The minimum atomic E-state index is -0.467. The van der Waals surface area contributed by atoms with Crippen molar-refractivity contribution in [2.75, 3.05) is 5.32 Å². The molecular weight excluding hydrogens is 393 g/mol. The van der Waals surface area contributed by atoms with Gasteiger partial charge in [0.05, 0.1) is 16.4 Å². The maximum atomic E-state index is 13.2. The number of fused-ring (bicyclic) bond motifs is 1. The summed E-state index contributed by atoms with van der Waals surface area (Å²) < 4.78 is 20.9. The van der Waals surface area contributed by atoms with E-state index in [0.717, 1.165) is 23.0 Å². The van der Waals surface area contributed by atoms with Crippen molar-refractivity contribution in [3.63, 3.8) is 0 Å². The van der Waals surface area contributed by atoms with Gasteiger partial charge in [0.1, 0.15) is 23.8 Å². The summed E-state index contributed by atoms with van der Waals surface area (Å²) in [5, 5.41) is 2.80. The Labute approximate surface area is 171 Å². The molecule has 29 heavy (non-hydrogen) atoms. The SMILES string of the molecule is Cc1ccc2nc(COc3cccc(C(=O)Nc4ccc(F)cc4Cl)c3)cn2c1. The van der Waals surface area contributed by atoms with Crippen LogP contribution >= 0.6 is 11.6 Å². The first-order valence-electron chi connectivity index (χ1n) is 8.91. The van der Waals surface area contributed by atoms with Crippen LogP contribution in [0.5, 0.6) is 5.75 Å². The number of imidazole rings is 1. The molecule has 4 rings (SSSR count). The van der Waals surface area contributed by atoms with Gasteiger partial charge in [-0.25, -0.2) is 9.37 Å². The zero-order chi connectivity index (χ0) is 20.4. The smallest absolute Gasteiger partial charge is 0.255 e. The second-order valence-electron chi connectivity index (χ2n) is 6.60. The summed E-state index contributed by atoms with van der Waals surface area (Å²) >= 11 is 5.96. The highest BCUT2D eigenvalue weighted by Gasteiger charge is 2.11. The second-order valence-corrected chi connectivity index (χ2v) is 7.01. The lowest BCUT2D eigenvalue weighted by Crippen LogP contribution is -2.12. The minimum Gasteiger partial charge on any atom is -0.487 e. The normalized spacial score (nSPS) is 10.9. The molecule has 0 radical (unpaired) electrons. The maximum absolute atomic E-state index is 13.2. The standard InChI is InChI=1S/C22H17ClFN3O2/c1-14-5-8-21-25-17(12-27(21)11-14)13-29-18-4-2-3-15(9-18)22(28)26-20-7-6-16(24)10-19(20)23/h2-12H,13H2,1H3,(H,26,28). The molecule has 0 fully saturated rings. The van der Waals surface area contributed by atoms with Crippen LogP contribution in [0.3, 0.4) is 0 Å². The fourth-order valence-corrected chi connectivity index (χ4v) is 3.11. The summed E-state index contributed by atoms with van der Waals surface area (Å²) in [4.78, 5) is 17.0. The number of nitrogens with one attached hydrogen (secondary N) is 1. The first kappa shape index (κ1) is 19.0. The molecule has 0 saturated heterocycles. The van der Waals surface area contributed by atoms with Gasteiger partial charge in [0.25, 0.3) is 5.91 Å². The van der Waals surface area contributed by atoms with E-state index in [4.69, 9.17) is 16.3 Å². The fourth-order valence-electron chi connectivity index (χ4n) is 2.89. The summed E-state index contributed by atoms with van der Waals surface area (Å²) in [6, 6.07) is 14.5. The van der Waals surface area contributed by atoms with Crippen LogP contribution in [0.2, 0.25) is 5.02 Å². The van der Waals surface area contributed by atoms with Gasteiger partial charge in [0, 0.05) is 18.0 Å². The summed E-state index contributed by atoms with van der Waals surface area (Å²) in [6.45, 7) is 2.29. The average molecular weight is 410 g/mol. The molecule has 0 bridgehead atoms. The predicted octanol–water partition coefficient (Wildman–Crippen LogP) is 5.27. The van der Waals surface area contributed by atoms with Crippen LogP contribution in [0.4, 0.5) is 10.1 Å². The molecule has 2 aromatic carbocycles. The lowest BCUT2D eigenvalue weighted by molar-refractivity contribution is 0.102. The Bertz CT molecular complexity index is 1210. The van der Waals surface area contributed by atoms with Crippen LogP contribution in [-0.4, -0.2) is 15.3 Å². The van der Waals surface area contributed by atoms with E-state index in [0.29, 0.717) is 17.0 Å². The molecule has 2 aromatic heterocycles. The molecule has 1 N–H and O–H groups in total. The number of rotatable bonds is 5. The van der Waals surface area contributed by atoms with Crippen molar-refractivity contribution in [1.82, 2.24) is 9.38 Å². The van der Waals surface area contributed by atoms with Gasteiger partial charge in [-0.05, 0) is 55.0 Å².